The number of aromatic nitrogens is 1. The highest BCUT2D eigenvalue weighted by Crippen LogP contribution is 2.10. The van der Waals surface area contributed by atoms with Gasteiger partial charge in [0.2, 0.25) is 5.91 Å². The lowest BCUT2D eigenvalue weighted by Crippen LogP contribution is -2.54. The molecule has 0 saturated carbocycles. The number of hydrogen-bond acceptors (Lipinski definition) is 3. The first-order chi connectivity index (χ1) is 8.59. The van der Waals surface area contributed by atoms with Crippen LogP contribution >= 0.6 is 0 Å². The van der Waals surface area contributed by atoms with Gasteiger partial charge >= 0.3 is 0 Å². The number of carbonyl (C=O) groups excluding carboxylic acids is 2. The number of nitrogens with zero attached hydrogens (tertiary/aromatic N) is 3. The zero-order valence-electron chi connectivity index (χ0n) is 10.7. The van der Waals surface area contributed by atoms with Crippen LogP contribution < -0.4 is 0 Å². The molecule has 0 unspecified atom stereocenters. The van der Waals surface area contributed by atoms with Crippen molar-refractivity contribution in [1.29, 1.82) is 0 Å². The van der Waals surface area contributed by atoms with Crippen LogP contribution in [-0.4, -0.2) is 52.3 Å². The average molecular weight is 247 g/mol. The standard InChI is InChI=1S/C13H17N3O2/c1-10(2)16-8-7-15(9-12(16)17)13(18)11-5-3-4-6-14-11/h3-6,10H,7-9H2,1-2H3. The average Bonchev–Trinajstić information content (AvgIpc) is 2.38. The van der Waals surface area contributed by atoms with Gasteiger partial charge in [-0.3, -0.25) is 14.6 Å². The van der Waals surface area contributed by atoms with Gasteiger partial charge in [-0.15, -0.1) is 0 Å². The van der Waals surface area contributed by atoms with E-state index in [9.17, 15) is 9.59 Å². The van der Waals surface area contributed by atoms with E-state index in [-0.39, 0.29) is 24.4 Å². The summed E-state index contributed by atoms with van der Waals surface area (Å²) < 4.78 is 0. The first-order valence-corrected chi connectivity index (χ1v) is 6.09. The van der Waals surface area contributed by atoms with Crippen LogP contribution in [0.25, 0.3) is 0 Å². The van der Waals surface area contributed by atoms with Gasteiger partial charge in [0.05, 0.1) is 0 Å². The van der Waals surface area contributed by atoms with Crippen molar-refractivity contribution in [2.24, 2.45) is 0 Å². The maximum atomic E-state index is 12.1. The molecule has 0 radical (unpaired) electrons. The second-order valence-electron chi connectivity index (χ2n) is 4.62. The third kappa shape index (κ3) is 2.50. The highest BCUT2D eigenvalue weighted by molar-refractivity contribution is 5.95. The zero-order chi connectivity index (χ0) is 13.1. The predicted molar refractivity (Wildman–Crippen MR) is 67.0 cm³/mol. The second-order valence-corrected chi connectivity index (χ2v) is 4.62. The molecule has 2 amide bonds. The maximum absolute atomic E-state index is 12.1. The second kappa shape index (κ2) is 5.16. The molecule has 1 aliphatic heterocycles. The molecule has 0 N–H and O–H groups in total. The minimum absolute atomic E-state index is 0.000492. The fourth-order valence-corrected chi connectivity index (χ4v) is 2.06. The van der Waals surface area contributed by atoms with Gasteiger partial charge in [-0.05, 0) is 26.0 Å². The Morgan fingerprint density at radius 1 is 1.33 bits per heavy atom. The Bertz CT molecular complexity index is 445. The highest BCUT2D eigenvalue weighted by atomic mass is 16.2. The van der Waals surface area contributed by atoms with Crippen LogP contribution in [0, 0.1) is 0 Å². The van der Waals surface area contributed by atoms with E-state index >= 15 is 0 Å². The molecule has 1 fully saturated rings. The van der Waals surface area contributed by atoms with Crippen molar-refractivity contribution in [2.45, 2.75) is 19.9 Å². The molecule has 0 spiro atoms. The lowest BCUT2D eigenvalue weighted by molar-refractivity contribution is -0.136. The molecule has 0 aromatic carbocycles. The molecule has 0 atom stereocenters. The molecule has 2 heterocycles. The summed E-state index contributed by atoms with van der Waals surface area (Å²) in [5, 5.41) is 0. The molecule has 1 aliphatic rings. The van der Waals surface area contributed by atoms with Crippen molar-refractivity contribution in [2.75, 3.05) is 19.6 Å². The van der Waals surface area contributed by atoms with Crippen molar-refractivity contribution >= 4 is 11.8 Å². The Hall–Kier alpha value is -1.91. The topological polar surface area (TPSA) is 53.5 Å². The number of hydrogen-bond donors (Lipinski definition) is 0. The Morgan fingerprint density at radius 3 is 2.67 bits per heavy atom. The van der Waals surface area contributed by atoms with Gasteiger partial charge in [0.1, 0.15) is 12.2 Å². The third-order valence-corrected chi connectivity index (χ3v) is 3.05. The summed E-state index contributed by atoms with van der Waals surface area (Å²) in [6.45, 7) is 5.27. The molecule has 1 aromatic heterocycles. The van der Waals surface area contributed by atoms with Crippen molar-refractivity contribution in [3.63, 3.8) is 0 Å². The van der Waals surface area contributed by atoms with Crippen molar-refractivity contribution in [3.8, 4) is 0 Å². The van der Waals surface area contributed by atoms with Crippen molar-refractivity contribution in [3.05, 3.63) is 30.1 Å². The van der Waals surface area contributed by atoms with Crippen LogP contribution in [0.15, 0.2) is 24.4 Å². The summed E-state index contributed by atoms with van der Waals surface area (Å²) in [6.07, 6.45) is 1.58. The van der Waals surface area contributed by atoms with Crippen LogP contribution in [0.1, 0.15) is 24.3 Å². The van der Waals surface area contributed by atoms with Gasteiger partial charge in [0.15, 0.2) is 0 Å². The Labute approximate surface area is 106 Å². The molecule has 18 heavy (non-hydrogen) atoms. The Kier molecular flexibility index (Phi) is 3.60. The number of amides is 2. The van der Waals surface area contributed by atoms with Gasteiger partial charge in [0, 0.05) is 25.3 Å². The Balaban J connectivity index is 2.05. The highest BCUT2D eigenvalue weighted by Gasteiger charge is 2.29. The van der Waals surface area contributed by atoms with Crippen LogP contribution in [-0.2, 0) is 4.79 Å². The number of piperazine rings is 1. The molecular weight excluding hydrogens is 230 g/mol. The van der Waals surface area contributed by atoms with E-state index in [1.165, 1.54) is 0 Å². The molecule has 96 valence electrons. The third-order valence-electron chi connectivity index (χ3n) is 3.05. The minimum atomic E-state index is -0.174. The van der Waals surface area contributed by atoms with Gasteiger partial charge in [-0.1, -0.05) is 6.07 Å². The van der Waals surface area contributed by atoms with Crippen molar-refractivity contribution in [1.82, 2.24) is 14.8 Å². The van der Waals surface area contributed by atoms with E-state index in [4.69, 9.17) is 0 Å². The summed E-state index contributed by atoms with van der Waals surface area (Å²) in [7, 11) is 0. The van der Waals surface area contributed by atoms with Gasteiger partial charge in [-0.25, -0.2) is 0 Å². The summed E-state index contributed by atoms with van der Waals surface area (Å²) >= 11 is 0. The van der Waals surface area contributed by atoms with E-state index in [0.717, 1.165) is 0 Å². The van der Waals surface area contributed by atoms with E-state index in [0.29, 0.717) is 18.8 Å². The molecule has 0 aliphatic carbocycles. The first kappa shape index (κ1) is 12.5. The lowest BCUT2D eigenvalue weighted by Gasteiger charge is -2.36. The summed E-state index contributed by atoms with van der Waals surface area (Å²) in [5.41, 5.74) is 0.392. The van der Waals surface area contributed by atoms with E-state index in [1.807, 2.05) is 13.8 Å². The first-order valence-electron chi connectivity index (χ1n) is 6.09. The summed E-state index contributed by atoms with van der Waals surface area (Å²) in [4.78, 5) is 31.4. The van der Waals surface area contributed by atoms with Crippen LogP contribution in [0.2, 0.25) is 0 Å². The smallest absolute Gasteiger partial charge is 0.272 e. The van der Waals surface area contributed by atoms with E-state index in [2.05, 4.69) is 4.98 Å². The van der Waals surface area contributed by atoms with Gasteiger partial charge < -0.3 is 9.80 Å². The van der Waals surface area contributed by atoms with E-state index in [1.54, 1.807) is 34.2 Å². The summed E-state index contributed by atoms with van der Waals surface area (Å²) in [5.74, 6) is -0.173. The Morgan fingerprint density at radius 2 is 2.11 bits per heavy atom. The van der Waals surface area contributed by atoms with Crippen molar-refractivity contribution < 1.29 is 9.59 Å². The fourth-order valence-electron chi connectivity index (χ4n) is 2.06. The van der Waals surface area contributed by atoms with Gasteiger partial charge in [-0.2, -0.15) is 0 Å². The van der Waals surface area contributed by atoms with Crippen LogP contribution in [0.4, 0.5) is 0 Å². The number of rotatable bonds is 2. The quantitative estimate of drug-likeness (QED) is 0.776. The number of carbonyl (C=O) groups is 2. The molecule has 5 heteroatoms. The molecule has 5 nitrogen and oxygen atoms in total. The monoisotopic (exact) mass is 247 g/mol. The molecule has 1 aromatic rings. The number of pyridine rings is 1. The largest absolute Gasteiger partial charge is 0.337 e. The maximum Gasteiger partial charge on any atom is 0.272 e. The molecule has 1 saturated heterocycles. The molecular formula is C13H17N3O2. The SMILES string of the molecule is CC(C)N1CCN(C(=O)c2ccccn2)CC1=O. The predicted octanol–water partition coefficient (Wildman–Crippen LogP) is 0.774. The van der Waals surface area contributed by atoms with E-state index < -0.39 is 0 Å². The van der Waals surface area contributed by atoms with Crippen LogP contribution in [0.3, 0.4) is 0 Å². The molecule has 2 rings (SSSR count). The van der Waals surface area contributed by atoms with Crippen LogP contribution in [0.5, 0.6) is 0 Å². The zero-order valence-corrected chi connectivity index (χ0v) is 10.7. The lowest BCUT2D eigenvalue weighted by atomic mass is 10.2. The normalized spacial score (nSPS) is 16.3. The minimum Gasteiger partial charge on any atom is -0.337 e. The molecule has 0 bridgehead atoms. The fraction of sp³-hybridized carbons (Fsp3) is 0.462. The summed E-state index contributed by atoms with van der Waals surface area (Å²) in [6, 6.07) is 5.39. The van der Waals surface area contributed by atoms with Gasteiger partial charge in [0.25, 0.3) is 5.91 Å².